The number of rotatable bonds is 4. The van der Waals surface area contributed by atoms with Crippen LogP contribution in [0, 0.1) is 18.3 Å². The van der Waals surface area contributed by atoms with E-state index in [-0.39, 0.29) is 18.7 Å². The average molecular weight is 242 g/mol. The first-order valence-electron chi connectivity index (χ1n) is 5.78. The number of nitrogens with zero attached hydrogens (tertiary/aromatic N) is 2. The highest BCUT2D eigenvalue weighted by molar-refractivity contribution is 5.77. The number of hydrogen-bond donors (Lipinski definition) is 2. The third-order valence-corrected chi connectivity index (χ3v) is 2.62. The summed E-state index contributed by atoms with van der Waals surface area (Å²) < 4.78 is 0. The van der Waals surface area contributed by atoms with Gasteiger partial charge in [0, 0.05) is 19.4 Å². The van der Waals surface area contributed by atoms with Crippen LogP contribution in [0.4, 0.5) is 0 Å². The minimum Gasteiger partial charge on any atom is -0.352 e. The average Bonchev–Trinajstić information content (AvgIpc) is 2.73. The number of carbonyl (C=O) groups is 1. The van der Waals surface area contributed by atoms with Gasteiger partial charge in [0.1, 0.15) is 5.82 Å². The predicted octanol–water partition coefficient (Wildman–Crippen LogP) is 1.79. The fourth-order valence-electron chi connectivity index (χ4n) is 1.75. The fourth-order valence-corrected chi connectivity index (χ4v) is 1.75. The maximum absolute atomic E-state index is 11.4. The van der Waals surface area contributed by atoms with Crippen molar-refractivity contribution in [2.45, 2.75) is 26.3 Å². The first-order chi connectivity index (χ1) is 8.69. The van der Waals surface area contributed by atoms with Gasteiger partial charge in [0.05, 0.1) is 17.1 Å². The molecular formula is C13H14N4O. The molecule has 2 aromatic rings. The van der Waals surface area contributed by atoms with Gasteiger partial charge in [0.25, 0.3) is 0 Å². The number of amides is 1. The maximum atomic E-state index is 11.4. The maximum Gasteiger partial charge on any atom is 0.221 e. The number of fused-ring (bicyclic) bond motifs is 1. The molecule has 0 unspecified atom stereocenters. The van der Waals surface area contributed by atoms with Gasteiger partial charge in [-0.05, 0) is 24.6 Å². The van der Waals surface area contributed by atoms with Gasteiger partial charge in [-0.2, -0.15) is 5.26 Å². The summed E-state index contributed by atoms with van der Waals surface area (Å²) in [5.74, 6) is 0.776. The lowest BCUT2D eigenvalue weighted by atomic mass is 10.2. The van der Waals surface area contributed by atoms with Crippen LogP contribution in [0.2, 0.25) is 0 Å². The predicted molar refractivity (Wildman–Crippen MR) is 67.5 cm³/mol. The van der Waals surface area contributed by atoms with Crippen LogP contribution >= 0.6 is 0 Å². The Bertz CT molecular complexity index is 609. The van der Waals surface area contributed by atoms with Crippen molar-refractivity contribution in [1.29, 1.82) is 5.26 Å². The Morgan fingerprint density at radius 1 is 1.56 bits per heavy atom. The first kappa shape index (κ1) is 12.1. The molecule has 1 aromatic heterocycles. The van der Waals surface area contributed by atoms with Crippen LogP contribution in [-0.4, -0.2) is 15.9 Å². The van der Waals surface area contributed by atoms with Gasteiger partial charge in [-0.25, -0.2) is 4.98 Å². The molecule has 0 atom stereocenters. The second-order valence-corrected chi connectivity index (χ2v) is 4.11. The highest BCUT2D eigenvalue weighted by Gasteiger charge is 2.03. The molecule has 1 heterocycles. The first-order valence-corrected chi connectivity index (χ1v) is 5.78. The number of H-pyrrole nitrogens is 1. The molecule has 18 heavy (non-hydrogen) atoms. The van der Waals surface area contributed by atoms with Gasteiger partial charge in [0.15, 0.2) is 0 Å². The summed E-state index contributed by atoms with van der Waals surface area (Å²) in [7, 11) is 0. The van der Waals surface area contributed by atoms with E-state index >= 15 is 0 Å². The van der Waals surface area contributed by atoms with Crippen LogP contribution in [0.15, 0.2) is 18.2 Å². The largest absolute Gasteiger partial charge is 0.352 e. The molecule has 0 spiro atoms. The van der Waals surface area contributed by atoms with Crippen LogP contribution in [0.3, 0.4) is 0 Å². The molecule has 0 bridgehead atoms. The molecule has 2 N–H and O–H groups in total. The lowest BCUT2D eigenvalue weighted by Gasteiger charge is -2.03. The molecule has 5 heteroatoms. The third kappa shape index (κ3) is 2.86. The van der Waals surface area contributed by atoms with Crippen LogP contribution in [0.25, 0.3) is 11.0 Å². The lowest BCUT2D eigenvalue weighted by molar-refractivity contribution is -0.121. The molecule has 0 aliphatic heterocycles. The van der Waals surface area contributed by atoms with Crippen LogP contribution < -0.4 is 5.32 Å². The Hall–Kier alpha value is -2.35. The second-order valence-electron chi connectivity index (χ2n) is 4.11. The van der Waals surface area contributed by atoms with E-state index in [1.165, 1.54) is 0 Å². The molecule has 0 saturated heterocycles. The number of carbonyl (C=O) groups excluding carboxylic acids is 1. The number of aromatic nitrogens is 2. The Balaban J connectivity index is 1.99. The van der Waals surface area contributed by atoms with Gasteiger partial charge >= 0.3 is 0 Å². The molecule has 1 amide bonds. The zero-order chi connectivity index (χ0) is 13.0. The number of hydrogen-bond acceptors (Lipinski definition) is 3. The zero-order valence-electron chi connectivity index (χ0n) is 10.2. The normalized spacial score (nSPS) is 10.2. The van der Waals surface area contributed by atoms with E-state index in [1.54, 1.807) is 0 Å². The van der Waals surface area contributed by atoms with E-state index in [4.69, 9.17) is 5.26 Å². The van der Waals surface area contributed by atoms with Crippen molar-refractivity contribution in [3.8, 4) is 6.07 Å². The number of nitriles is 1. The van der Waals surface area contributed by atoms with Crippen molar-refractivity contribution < 1.29 is 4.79 Å². The summed E-state index contributed by atoms with van der Waals surface area (Å²) in [5, 5.41) is 11.2. The van der Waals surface area contributed by atoms with Gasteiger partial charge < -0.3 is 10.3 Å². The molecule has 2 rings (SSSR count). The minimum atomic E-state index is -0.0996. The Morgan fingerprint density at radius 2 is 2.39 bits per heavy atom. The van der Waals surface area contributed by atoms with Crippen molar-refractivity contribution in [1.82, 2.24) is 15.3 Å². The Kier molecular flexibility index (Phi) is 3.58. The molecule has 0 aliphatic rings. The standard InChI is InChI=1S/C13H14N4O/c1-9-16-11-5-4-10(7-12(11)17-9)8-15-13(18)3-2-6-14/h4-5,7H,2-3,8H2,1H3,(H,15,18)(H,16,17). The van der Waals surface area contributed by atoms with Gasteiger partial charge in [-0.1, -0.05) is 6.07 Å². The highest BCUT2D eigenvalue weighted by Crippen LogP contribution is 2.13. The summed E-state index contributed by atoms with van der Waals surface area (Å²) in [6.07, 6.45) is 0.506. The second kappa shape index (κ2) is 5.32. The topological polar surface area (TPSA) is 81.6 Å². The molecule has 0 aliphatic carbocycles. The van der Waals surface area contributed by atoms with Gasteiger partial charge in [-0.3, -0.25) is 4.79 Å². The number of nitrogens with one attached hydrogen (secondary N) is 2. The molecule has 5 nitrogen and oxygen atoms in total. The molecule has 1 aromatic carbocycles. The number of aryl methyl sites for hydroxylation is 1. The summed E-state index contributed by atoms with van der Waals surface area (Å²) in [5.41, 5.74) is 2.90. The quantitative estimate of drug-likeness (QED) is 0.857. The number of benzene rings is 1. The Morgan fingerprint density at radius 3 is 3.17 bits per heavy atom. The van der Waals surface area contributed by atoms with E-state index in [2.05, 4.69) is 15.3 Å². The van der Waals surface area contributed by atoms with E-state index in [9.17, 15) is 4.79 Å². The van der Waals surface area contributed by atoms with E-state index in [0.29, 0.717) is 6.54 Å². The monoisotopic (exact) mass is 242 g/mol. The summed E-state index contributed by atoms with van der Waals surface area (Å²) in [6.45, 7) is 2.38. The fraction of sp³-hybridized carbons (Fsp3) is 0.308. The van der Waals surface area contributed by atoms with Crippen LogP contribution in [0.1, 0.15) is 24.2 Å². The molecule has 92 valence electrons. The molecule has 0 fully saturated rings. The van der Waals surface area contributed by atoms with E-state index < -0.39 is 0 Å². The molecular weight excluding hydrogens is 228 g/mol. The van der Waals surface area contributed by atoms with E-state index in [1.807, 2.05) is 31.2 Å². The van der Waals surface area contributed by atoms with Crippen molar-refractivity contribution in [2.75, 3.05) is 0 Å². The zero-order valence-corrected chi connectivity index (χ0v) is 10.2. The summed E-state index contributed by atoms with van der Waals surface area (Å²) in [6, 6.07) is 7.79. The van der Waals surface area contributed by atoms with Crippen LogP contribution in [-0.2, 0) is 11.3 Å². The van der Waals surface area contributed by atoms with Crippen molar-refractivity contribution in [3.05, 3.63) is 29.6 Å². The van der Waals surface area contributed by atoms with Crippen molar-refractivity contribution in [3.63, 3.8) is 0 Å². The third-order valence-electron chi connectivity index (χ3n) is 2.62. The van der Waals surface area contributed by atoms with Crippen molar-refractivity contribution >= 4 is 16.9 Å². The highest BCUT2D eigenvalue weighted by atomic mass is 16.1. The smallest absolute Gasteiger partial charge is 0.221 e. The summed E-state index contributed by atoms with van der Waals surface area (Å²) in [4.78, 5) is 18.8. The lowest BCUT2D eigenvalue weighted by Crippen LogP contribution is -2.22. The number of imidazole rings is 1. The van der Waals surface area contributed by atoms with Gasteiger partial charge in [-0.15, -0.1) is 0 Å². The molecule has 0 saturated carbocycles. The SMILES string of the molecule is Cc1nc2ccc(CNC(=O)CCC#N)cc2[nH]1. The number of aromatic amines is 1. The summed E-state index contributed by atoms with van der Waals surface area (Å²) >= 11 is 0. The van der Waals surface area contributed by atoms with Crippen LogP contribution in [0.5, 0.6) is 0 Å². The molecule has 0 radical (unpaired) electrons. The van der Waals surface area contributed by atoms with Crippen molar-refractivity contribution in [2.24, 2.45) is 0 Å². The Labute approximate surface area is 105 Å². The van der Waals surface area contributed by atoms with E-state index in [0.717, 1.165) is 22.4 Å². The van der Waals surface area contributed by atoms with Gasteiger partial charge in [0.2, 0.25) is 5.91 Å². The minimum absolute atomic E-state index is 0.0996.